The molecule has 0 spiro atoms. The molecule has 0 atom stereocenters. The Balaban J connectivity index is 1.27. The summed E-state index contributed by atoms with van der Waals surface area (Å²) in [4.78, 5) is 17.0. The number of fused-ring (bicyclic) bond motifs is 1. The summed E-state index contributed by atoms with van der Waals surface area (Å²) in [5.74, 6) is 1.42. The summed E-state index contributed by atoms with van der Waals surface area (Å²) in [6.45, 7) is 5.09. The van der Waals surface area contributed by atoms with Crippen LogP contribution < -0.4 is 14.2 Å². The molecule has 0 aromatic heterocycles. The molecule has 8 nitrogen and oxygen atoms in total. The lowest BCUT2D eigenvalue weighted by Crippen LogP contribution is -2.35. The molecular weight excluding hydrogens is 512 g/mol. The van der Waals surface area contributed by atoms with Crippen LogP contribution in [-0.4, -0.2) is 46.8 Å². The number of amidine groups is 2. The highest BCUT2D eigenvalue weighted by Crippen LogP contribution is 2.32. The highest BCUT2D eigenvalue weighted by molar-refractivity contribution is 8.26. The molecule has 1 amide bonds. The van der Waals surface area contributed by atoms with Crippen LogP contribution in [0.1, 0.15) is 23.6 Å². The minimum Gasteiger partial charge on any atom is -0.490 e. The molecule has 0 unspecified atom stereocenters. The Morgan fingerprint density at radius 2 is 1.72 bits per heavy atom. The first-order valence-electron chi connectivity index (χ1n) is 12.6. The highest BCUT2D eigenvalue weighted by Gasteiger charge is 2.35. The van der Waals surface area contributed by atoms with Gasteiger partial charge in [-0.25, -0.2) is 0 Å². The normalized spacial score (nSPS) is 15.6. The van der Waals surface area contributed by atoms with Crippen molar-refractivity contribution >= 4 is 39.8 Å². The van der Waals surface area contributed by atoms with E-state index in [1.165, 1.54) is 22.3 Å². The van der Waals surface area contributed by atoms with Gasteiger partial charge in [-0.3, -0.25) is 10.2 Å². The van der Waals surface area contributed by atoms with E-state index < -0.39 is 5.91 Å². The zero-order valence-corrected chi connectivity index (χ0v) is 22.5. The molecule has 0 saturated carbocycles. The second kappa shape index (κ2) is 12.0. The van der Waals surface area contributed by atoms with Crippen molar-refractivity contribution < 1.29 is 19.0 Å². The van der Waals surface area contributed by atoms with Crippen LogP contribution >= 0.6 is 11.8 Å². The van der Waals surface area contributed by atoms with E-state index in [-0.39, 0.29) is 11.4 Å². The summed E-state index contributed by atoms with van der Waals surface area (Å²) in [6, 6.07) is 23.2. The number of aliphatic imine (C=N–C) groups is 1. The number of rotatable bonds is 10. The lowest BCUT2D eigenvalue weighted by molar-refractivity contribution is -0.114. The van der Waals surface area contributed by atoms with Gasteiger partial charge in [0.2, 0.25) is 5.17 Å². The van der Waals surface area contributed by atoms with Gasteiger partial charge in [0.25, 0.3) is 5.91 Å². The van der Waals surface area contributed by atoms with Crippen LogP contribution in [0.2, 0.25) is 0 Å². The first-order valence-corrected chi connectivity index (χ1v) is 13.4. The minimum atomic E-state index is -0.471. The van der Waals surface area contributed by atoms with Crippen LogP contribution in [0.4, 0.5) is 0 Å². The van der Waals surface area contributed by atoms with E-state index >= 15 is 0 Å². The predicted molar refractivity (Wildman–Crippen MR) is 155 cm³/mol. The zero-order chi connectivity index (χ0) is 27.2. The van der Waals surface area contributed by atoms with Gasteiger partial charge in [-0.2, -0.15) is 15.1 Å². The molecule has 0 aliphatic carbocycles. The Bertz CT molecular complexity index is 1470. The van der Waals surface area contributed by atoms with Crippen LogP contribution in [-0.2, 0) is 11.2 Å². The number of benzene rings is 3. The Labute approximate surface area is 231 Å². The second-order valence-corrected chi connectivity index (χ2v) is 9.87. The minimum absolute atomic E-state index is 0.00731. The van der Waals surface area contributed by atoms with Crippen molar-refractivity contribution in [1.29, 1.82) is 5.41 Å². The first-order chi connectivity index (χ1) is 19.0. The third-order valence-electron chi connectivity index (χ3n) is 5.90. The van der Waals surface area contributed by atoms with Crippen molar-refractivity contribution in [2.75, 3.05) is 19.8 Å². The molecule has 2 heterocycles. The van der Waals surface area contributed by atoms with Gasteiger partial charge in [-0.15, -0.1) is 0 Å². The molecule has 39 heavy (non-hydrogen) atoms. The summed E-state index contributed by atoms with van der Waals surface area (Å²) < 4.78 is 17.4. The highest BCUT2D eigenvalue weighted by atomic mass is 32.2. The van der Waals surface area contributed by atoms with Gasteiger partial charge in [0.1, 0.15) is 24.0 Å². The second-order valence-electron chi connectivity index (χ2n) is 8.83. The molecule has 0 fully saturated rings. The maximum atomic E-state index is 12.8. The van der Waals surface area contributed by atoms with Gasteiger partial charge in [-0.1, -0.05) is 54.1 Å². The number of aryl methyl sites for hydroxylation is 1. The van der Waals surface area contributed by atoms with Gasteiger partial charge >= 0.3 is 0 Å². The van der Waals surface area contributed by atoms with Crippen molar-refractivity contribution in [2.24, 2.45) is 10.1 Å². The largest absolute Gasteiger partial charge is 0.490 e. The number of nitrogens with zero attached hydrogens (tertiary/aromatic N) is 3. The van der Waals surface area contributed by atoms with E-state index in [0.29, 0.717) is 48.5 Å². The van der Waals surface area contributed by atoms with E-state index in [1.807, 2.05) is 74.5 Å². The molecule has 0 bridgehead atoms. The van der Waals surface area contributed by atoms with E-state index in [9.17, 15) is 4.79 Å². The third-order valence-corrected chi connectivity index (χ3v) is 6.81. The van der Waals surface area contributed by atoms with Gasteiger partial charge in [-0.05, 0) is 67.1 Å². The lowest BCUT2D eigenvalue weighted by Gasteiger charge is -2.20. The fourth-order valence-electron chi connectivity index (χ4n) is 3.99. The number of carbonyl (C=O) groups is 1. The molecule has 0 saturated heterocycles. The van der Waals surface area contributed by atoms with E-state index in [0.717, 1.165) is 16.4 Å². The Morgan fingerprint density at radius 3 is 2.49 bits per heavy atom. The van der Waals surface area contributed by atoms with Gasteiger partial charge in [0.15, 0.2) is 17.3 Å². The summed E-state index contributed by atoms with van der Waals surface area (Å²) in [5.41, 5.74) is 3.12. The molecule has 3 aromatic rings. The molecule has 2 aliphatic rings. The third kappa shape index (κ3) is 6.38. The summed E-state index contributed by atoms with van der Waals surface area (Å²) in [6.07, 6.45) is 2.24. The Hall–Kier alpha value is -4.37. The molecule has 5 rings (SSSR count). The fourth-order valence-corrected chi connectivity index (χ4v) is 4.91. The summed E-state index contributed by atoms with van der Waals surface area (Å²) in [5, 5.41) is 15.8. The molecule has 9 heteroatoms. The van der Waals surface area contributed by atoms with Crippen molar-refractivity contribution in [3.05, 3.63) is 95.1 Å². The SMILES string of the molecule is CCOc1cc(/C=C2\C(=N)N3N=C(Cc4ccccc4)SC3=NC2=O)ccc1OCCOc1ccc(C)cc1. The number of nitrogens with one attached hydrogen (secondary N) is 1. The average Bonchev–Trinajstić information content (AvgIpc) is 3.34. The molecule has 198 valence electrons. The molecular formula is C30H28N4O4S. The number of thioether (sulfide) groups is 1. The standard InChI is InChI=1S/C30H28N4O4S/c1-3-36-26-18-22(11-14-25(26)38-16-15-37-23-12-9-20(2)10-13-23)17-24-28(31)34-30(32-29(24)35)39-27(33-34)19-21-7-5-4-6-8-21/h4-14,17-18,31H,3,15-16,19H2,1-2H3/b24-17+,31-28?. The van der Waals surface area contributed by atoms with Crippen molar-refractivity contribution in [1.82, 2.24) is 5.01 Å². The van der Waals surface area contributed by atoms with Crippen molar-refractivity contribution in [3.63, 3.8) is 0 Å². The molecule has 0 radical (unpaired) electrons. The quantitative estimate of drug-likeness (QED) is 0.261. The number of carbonyl (C=O) groups excluding carboxylic acids is 1. The topological polar surface area (TPSA) is 96.6 Å². The number of amides is 1. The molecule has 1 N–H and O–H groups in total. The maximum Gasteiger partial charge on any atom is 0.283 e. The van der Waals surface area contributed by atoms with Crippen molar-refractivity contribution in [2.45, 2.75) is 20.3 Å². The van der Waals surface area contributed by atoms with Crippen molar-refractivity contribution in [3.8, 4) is 17.2 Å². The van der Waals surface area contributed by atoms with E-state index in [4.69, 9.17) is 19.6 Å². The number of hydrogen-bond acceptors (Lipinski definition) is 7. The smallest absolute Gasteiger partial charge is 0.283 e. The molecule has 3 aromatic carbocycles. The van der Waals surface area contributed by atoms with Gasteiger partial charge in [0.05, 0.1) is 12.2 Å². The van der Waals surface area contributed by atoms with Crippen LogP contribution in [0, 0.1) is 12.3 Å². The van der Waals surface area contributed by atoms with Crippen LogP contribution in [0.25, 0.3) is 6.08 Å². The van der Waals surface area contributed by atoms with Crippen LogP contribution in [0.15, 0.2) is 88.5 Å². The van der Waals surface area contributed by atoms with E-state index in [1.54, 1.807) is 18.2 Å². The van der Waals surface area contributed by atoms with Crippen LogP contribution in [0.5, 0.6) is 17.2 Å². The Kier molecular flexibility index (Phi) is 8.07. The Morgan fingerprint density at radius 1 is 0.949 bits per heavy atom. The fraction of sp³-hybridized carbons (Fsp3) is 0.200. The molecule has 2 aliphatic heterocycles. The average molecular weight is 541 g/mol. The summed E-state index contributed by atoms with van der Waals surface area (Å²) >= 11 is 1.32. The summed E-state index contributed by atoms with van der Waals surface area (Å²) in [7, 11) is 0. The van der Waals surface area contributed by atoms with Crippen LogP contribution in [0.3, 0.4) is 0 Å². The van der Waals surface area contributed by atoms with Gasteiger partial charge < -0.3 is 14.2 Å². The van der Waals surface area contributed by atoms with Gasteiger partial charge in [0, 0.05) is 6.42 Å². The monoisotopic (exact) mass is 540 g/mol. The van der Waals surface area contributed by atoms with E-state index in [2.05, 4.69) is 10.1 Å². The number of ether oxygens (including phenoxy) is 3. The number of hydrazone groups is 1. The zero-order valence-electron chi connectivity index (χ0n) is 21.7. The first kappa shape index (κ1) is 26.2. The number of hydrogen-bond donors (Lipinski definition) is 1. The maximum absolute atomic E-state index is 12.8. The predicted octanol–water partition coefficient (Wildman–Crippen LogP) is 5.71. The lowest BCUT2D eigenvalue weighted by atomic mass is 10.1.